The van der Waals surface area contributed by atoms with Gasteiger partial charge in [0.25, 0.3) is 11.5 Å². The fourth-order valence-corrected chi connectivity index (χ4v) is 2.35. The van der Waals surface area contributed by atoms with Gasteiger partial charge in [0.05, 0.1) is 11.8 Å². The molecule has 0 saturated carbocycles. The Morgan fingerprint density at radius 2 is 1.92 bits per heavy atom. The topological polar surface area (TPSA) is 75.8 Å². The number of amides is 1. The molecule has 0 radical (unpaired) electrons. The SMILES string of the molecule is O=C(N/N=C/c1c(Cl)nc2ccccn2c1=O)c1ccc(Cl)cc1. The Hall–Kier alpha value is -2.70. The van der Waals surface area contributed by atoms with Gasteiger partial charge in [0.1, 0.15) is 10.8 Å². The summed E-state index contributed by atoms with van der Waals surface area (Å²) < 4.78 is 1.34. The Balaban J connectivity index is 1.84. The van der Waals surface area contributed by atoms with E-state index in [9.17, 15) is 9.59 Å². The first-order valence-electron chi connectivity index (χ1n) is 6.82. The lowest BCUT2D eigenvalue weighted by Crippen LogP contribution is -2.22. The minimum Gasteiger partial charge on any atom is -0.268 e. The van der Waals surface area contributed by atoms with Crippen LogP contribution < -0.4 is 11.0 Å². The molecule has 3 aromatic rings. The maximum absolute atomic E-state index is 12.4. The van der Waals surface area contributed by atoms with Crippen LogP contribution in [0.4, 0.5) is 0 Å². The van der Waals surface area contributed by atoms with E-state index in [0.717, 1.165) is 0 Å². The average Bonchev–Trinajstić information content (AvgIpc) is 2.58. The fourth-order valence-electron chi connectivity index (χ4n) is 2.01. The number of hydrazone groups is 1. The highest BCUT2D eigenvalue weighted by atomic mass is 35.5. The third-order valence-electron chi connectivity index (χ3n) is 3.19. The molecule has 2 heterocycles. The Morgan fingerprint density at radius 3 is 2.67 bits per heavy atom. The van der Waals surface area contributed by atoms with Gasteiger partial charge in [-0.1, -0.05) is 29.3 Å². The summed E-state index contributed by atoms with van der Waals surface area (Å²) in [5.41, 5.74) is 2.83. The Kier molecular flexibility index (Phi) is 4.59. The summed E-state index contributed by atoms with van der Waals surface area (Å²) in [4.78, 5) is 28.4. The highest BCUT2D eigenvalue weighted by Crippen LogP contribution is 2.10. The highest BCUT2D eigenvalue weighted by molar-refractivity contribution is 6.32. The minimum absolute atomic E-state index is 0.00990. The first-order valence-corrected chi connectivity index (χ1v) is 7.58. The normalized spacial score (nSPS) is 11.1. The van der Waals surface area contributed by atoms with Crippen molar-refractivity contribution < 1.29 is 4.79 Å². The first kappa shape index (κ1) is 16.2. The van der Waals surface area contributed by atoms with Crippen LogP contribution in [0, 0.1) is 0 Å². The second-order valence-corrected chi connectivity index (χ2v) is 5.55. The van der Waals surface area contributed by atoms with E-state index in [0.29, 0.717) is 16.2 Å². The molecular weight excluding hydrogens is 351 g/mol. The molecule has 24 heavy (non-hydrogen) atoms. The fraction of sp³-hybridized carbons (Fsp3) is 0. The number of aromatic nitrogens is 2. The van der Waals surface area contributed by atoms with Crippen LogP contribution in [0.2, 0.25) is 10.2 Å². The largest absolute Gasteiger partial charge is 0.271 e. The molecule has 0 saturated heterocycles. The van der Waals surface area contributed by atoms with Gasteiger partial charge in [-0.05, 0) is 36.4 Å². The van der Waals surface area contributed by atoms with E-state index in [1.807, 2.05) is 0 Å². The predicted molar refractivity (Wildman–Crippen MR) is 93.0 cm³/mol. The maximum Gasteiger partial charge on any atom is 0.271 e. The standard InChI is InChI=1S/C16H10Cl2N4O2/c17-11-6-4-10(5-7-11)15(23)21-19-9-12-14(18)20-13-3-1-2-8-22(13)16(12)24/h1-9H,(H,21,23)/b19-9+. The average molecular weight is 361 g/mol. The Labute approximate surface area is 146 Å². The molecular formula is C16H10Cl2N4O2. The second kappa shape index (κ2) is 6.82. The molecule has 0 fully saturated rings. The summed E-state index contributed by atoms with van der Waals surface area (Å²) >= 11 is 11.8. The molecule has 0 aliphatic rings. The van der Waals surface area contributed by atoms with Crippen LogP contribution in [0.25, 0.3) is 5.65 Å². The molecule has 0 aliphatic carbocycles. The monoisotopic (exact) mass is 360 g/mol. The Morgan fingerprint density at radius 1 is 1.17 bits per heavy atom. The van der Waals surface area contributed by atoms with Crippen LogP contribution in [0.3, 0.4) is 0 Å². The number of hydrogen-bond donors (Lipinski definition) is 1. The zero-order valence-corrected chi connectivity index (χ0v) is 13.6. The van der Waals surface area contributed by atoms with Crippen molar-refractivity contribution in [2.45, 2.75) is 0 Å². The van der Waals surface area contributed by atoms with Gasteiger partial charge in [-0.2, -0.15) is 5.10 Å². The molecule has 6 nitrogen and oxygen atoms in total. The molecule has 0 atom stereocenters. The molecule has 0 bridgehead atoms. The highest BCUT2D eigenvalue weighted by Gasteiger charge is 2.09. The van der Waals surface area contributed by atoms with E-state index in [-0.39, 0.29) is 16.3 Å². The van der Waals surface area contributed by atoms with Crippen LogP contribution >= 0.6 is 23.2 Å². The van der Waals surface area contributed by atoms with E-state index < -0.39 is 5.91 Å². The van der Waals surface area contributed by atoms with E-state index in [4.69, 9.17) is 23.2 Å². The van der Waals surface area contributed by atoms with Crippen molar-refractivity contribution >= 4 is 41.0 Å². The van der Waals surface area contributed by atoms with Crippen molar-refractivity contribution in [3.8, 4) is 0 Å². The number of nitrogens with one attached hydrogen (secondary N) is 1. The molecule has 1 N–H and O–H groups in total. The summed E-state index contributed by atoms with van der Waals surface area (Å²) in [6, 6.07) is 11.4. The summed E-state index contributed by atoms with van der Waals surface area (Å²) in [7, 11) is 0. The summed E-state index contributed by atoms with van der Waals surface area (Å²) in [6.07, 6.45) is 2.75. The van der Waals surface area contributed by atoms with Gasteiger partial charge < -0.3 is 0 Å². The van der Waals surface area contributed by atoms with Gasteiger partial charge >= 0.3 is 0 Å². The van der Waals surface area contributed by atoms with Crippen molar-refractivity contribution in [3.63, 3.8) is 0 Å². The van der Waals surface area contributed by atoms with E-state index in [2.05, 4.69) is 15.5 Å². The van der Waals surface area contributed by atoms with E-state index >= 15 is 0 Å². The van der Waals surface area contributed by atoms with Gasteiger partial charge in [0, 0.05) is 16.8 Å². The smallest absolute Gasteiger partial charge is 0.268 e. The number of halogens is 2. The summed E-state index contributed by atoms with van der Waals surface area (Å²) in [5.74, 6) is -0.437. The zero-order chi connectivity index (χ0) is 17.1. The number of carbonyl (C=O) groups is 1. The number of nitrogens with zero attached hydrogens (tertiary/aromatic N) is 3. The van der Waals surface area contributed by atoms with Gasteiger partial charge in [0.2, 0.25) is 0 Å². The van der Waals surface area contributed by atoms with Gasteiger partial charge in [0.15, 0.2) is 0 Å². The van der Waals surface area contributed by atoms with Crippen LogP contribution in [0.5, 0.6) is 0 Å². The lowest BCUT2D eigenvalue weighted by atomic mass is 10.2. The third-order valence-corrected chi connectivity index (χ3v) is 3.73. The van der Waals surface area contributed by atoms with Crippen LogP contribution in [0.15, 0.2) is 58.6 Å². The molecule has 8 heteroatoms. The van der Waals surface area contributed by atoms with Crippen molar-refractivity contribution in [3.05, 3.63) is 80.3 Å². The second-order valence-electron chi connectivity index (χ2n) is 4.76. The van der Waals surface area contributed by atoms with Crippen LogP contribution in [-0.4, -0.2) is 21.5 Å². The van der Waals surface area contributed by atoms with E-state index in [1.54, 1.807) is 48.7 Å². The molecule has 1 aromatic carbocycles. The lowest BCUT2D eigenvalue weighted by Gasteiger charge is -2.03. The third kappa shape index (κ3) is 3.29. The Bertz CT molecular complexity index is 997. The van der Waals surface area contributed by atoms with Gasteiger partial charge in [-0.3, -0.25) is 14.0 Å². The van der Waals surface area contributed by atoms with Crippen molar-refractivity contribution in [2.24, 2.45) is 5.10 Å². The number of hydrogen-bond acceptors (Lipinski definition) is 4. The van der Waals surface area contributed by atoms with Crippen molar-refractivity contribution in [1.82, 2.24) is 14.8 Å². The number of fused-ring (bicyclic) bond motifs is 1. The molecule has 0 aliphatic heterocycles. The predicted octanol–water partition coefficient (Wildman–Crippen LogP) is 2.77. The first-order chi connectivity index (χ1) is 11.6. The number of carbonyl (C=O) groups excluding carboxylic acids is 1. The van der Waals surface area contributed by atoms with Crippen molar-refractivity contribution in [2.75, 3.05) is 0 Å². The van der Waals surface area contributed by atoms with Gasteiger partial charge in [-0.25, -0.2) is 10.4 Å². The van der Waals surface area contributed by atoms with Crippen LogP contribution in [0.1, 0.15) is 15.9 Å². The molecule has 2 aromatic heterocycles. The molecule has 0 unspecified atom stereocenters. The van der Waals surface area contributed by atoms with Crippen LogP contribution in [-0.2, 0) is 0 Å². The molecule has 1 amide bonds. The molecule has 3 rings (SSSR count). The minimum atomic E-state index is -0.437. The van der Waals surface area contributed by atoms with Crippen molar-refractivity contribution in [1.29, 1.82) is 0 Å². The number of rotatable bonds is 3. The molecule has 0 spiro atoms. The lowest BCUT2D eigenvalue weighted by molar-refractivity contribution is 0.0955. The zero-order valence-electron chi connectivity index (χ0n) is 12.1. The molecule has 120 valence electrons. The maximum atomic E-state index is 12.4. The van der Waals surface area contributed by atoms with Gasteiger partial charge in [-0.15, -0.1) is 0 Å². The number of pyridine rings is 1. The van der Waals surface area contributed by atoms with E-state index in [1.165, 1.54) is 10.6 Å². The quantitative estimate of drug-likeness (QED) is 0.443. The summed E-state index contributed by atoms with van der Waals surface area (Å²) in [6.45, 7) is 0. The summed E-state index contributed by atoms with van der Waals surface area (Å²) in [5, 5.41) is 4.31. The number of benzene rings is 1.